The van der Waals surface area contributed by atoms with E-state index in [9.17, 15) is 9.90 Å². The van der Waals surface area contributed by atoms with Crippen LogP contribution in [0.3, 0.4) is 0 Å². The van der Waals surface area contributed by atoms with Gasteiger partial charge in [0.15, 0.2) is 10.9 Å². The van der Waals surface area contributed by atoms with Gasteiger partial charge in [-0.05, 0) is 37.2 Å². The summed E-state index contributed by atoms with van der Waals surface area (Å²) in [6.07, 6.45) is 5.92. The number of hydrogen-bond donors (Lipinski definition) is 3. The van der Waals surface area contributed by atoms with Gasteiger partial charge in [-0.25, -0.2) is 4.79 Å². The van der Waals surface area contributed by atoms with Gasteiger partial charge in [0.05, 0.1) is 12.8 Å². The highest BCUT2D eigenvalue weighted by Crippen LogP contribution is 2.28. The molecule has 0 radical (unpaired) electrons. The van der Waals surface area contributed by atoms with Crippen molar-refractivity contribution in [3.05, 3.63) is 23.8 Å². The number of esters is 1. The average molecular weight is 308 g/mol. The molecule has 114 valence electrons. The van der Waals surface area contributed by atoms with Crippen molar-refractivity contribution in [1.82, 2.24) is 5.32 Å². The van der Waals surface area contributed by atoms with Gasteiger partial charge in [0.2, 0.25) is 0 Å². The molecular formula is C15H20N2O3S. The van der Waals surface area contributed by atoms with Gasteiger partial charge in [-0.2, -0.15) is 0 Å². The van der Waals surface area contributed by atoms with Crippen LogP contribution in [0.15, 0.2) is 18.2 Å². The smallest absolute Gasteiger partial charge is 0.341 e. The summed E-state index contributed by atoms with van der Waals surface area (Å²) in [4.78, 5) is 11.5. The lowest BCUT2D eigenvalue weighted by Crippen LogP contribution is -2.38. The van der Waals surface area contributed by atoms with E-state index in [0.29, 0.717) is 16.8 Å². The van der Waals surface area contributed by atoms with Crippen molar-refractivity contribution in [2.75, 3.05) is 12.4 Å². The number of phenols is 1. The summed E-state index contributed by atoms with van der Waals surface area (Å²) < 4.78 is 4.62. The summed E-state index contributed by atoms with van der Waals surface area (Å²) in [6, 6.07) is 5.21. The van der Waals surface area contributed by atoms with E-state index in [2.05, 4.69) is 15.4 Å². The lowest BCUT2D eigenvalue weighted by Gasteiger charge is -2.24. The number of anilines is 1. The molecule has 0 spiro atoms. The Morgan fingerprint density at radius 1 is 1.33 bits per heavy atom. The second-order valence-corrected chi connectivity index (χ2v) is 5.53. The van der Waals surface area contributed by atoms with Crippen molar-refractivity contribution in [2.24, 2.45) is 0 Å². The Labute approximate surface area is 129 Å². The fourth-order valence-corrected chi connectivity index (χ4v) is 2.79. The standard InChI is InChI=1S/C15H20N2O3S/c1-20-14(19)11-8-5-9-12(13(11)18)17-15(21)16-10-6-3-2-4-7-10/h5,8-10,18H,2-4,6-7H2,1H3,(H2,16,17,21). The van der Waals surface area contributed by atoms with Gasteiger partial charge in [-0.15, -0.1) is 0 Å². The number of phenolic OH excluding ortho intramolecular Hbond substituents is 1. The van der Waals surface area contributed by atoms with E-state index in [0.717, 1.165) is 12.8 Å². The molecule has 0 bridgehead atoms. The first-order chi connectivity index (χ1) is 10.1. The third-order valence-corrected chi connectivity index (χ3v) is 3.85. The monoisotopic (exact) mass is 308 g/mol. The van der Waals surface area contributed by atoms with Crippen LogP contribution < -0.4 is 10.6 Å². The molecule has 1 aliphatic rings. The zero-order valence-electron chi connectivity index (χ0n) is 12.0. The normalized spacial score (nSPS) is 15.3. The Morgan fingerprint density at radius 3 is 2.71 bits per heavy atom. The number of carbonyl (C=O) groups is 1. The van der Waals surface area contributed by atoms with Gasteiger partial charge in [-0.3, -0.25) is 0 Å². The summed E-state index contributed by atoms with van der Waals surface area (Å²) in [7, 11) is 1.27. The van der Waals surface area contributed by atoms with Crippen molar-refractivity contribution in [2.45, 2.75) is 38.1 Å². The molecule has 2 rings (SSSR count). The minimum atomic E-state index is -0.581. The molecule has 1 aromatic rings. The maximum absolute atomic E-state index is 11.5. The van der Waals surface area contributed by atoms with Crippen LogP contribution in [-0.2, 0) is 4.74 Å². The minimum absolute atomic E-state index is 0.114. The number of benzene rings is 1. The predicted molar refractivity (Wildman–Crippen MR) is 85.7 cm³/mol. The van der Waals surface area contributed by atoms with E-state index in [1.807, 2.05) is 0 Å². The Morgan fingerprint density at radius 2 is 2.05 bits per heavy atom. The number of para-hydroxylation sites is 1. The van der Waals surface area contributed by atoms with Gasteiger partial charge < -0.3 is 20.5 Å². The fourth-order valence-electron chi connectivity index (χ4n) is 2.51. The first-order valence-corrected chi connectivity index (χ1v) is 7.50. The molecule has 0 heterocycles. The van der Waals surface area contributed by atoms with Gasteiger partial charge in [0, 0.05) is 6.04 Å². The van der Waals surface area contributed by atoms with E-state index in [4.69, 9.17) is 12.2 Å². The number of ether oxygens (including phenoxy) is 1. The Balaban J connectivity index is 2.01. The van der Waals surface area contributed by atoms with Crippen molar-refractivity contribution >= 4 is 29.0 Å². The zero-order valence-corrected chi connectivity index (χ0v) is 12.8. The molecule has 1 fully saturated rings. The molecule has 0 unspecified atom stereocenters. The lowest BCUT2D eigenvalue weighted by molar-refractivity contribution is 0.0597. The highest BCUT2D eigenvalue weighted by molar-refractivity contribution is 7.80. The number of rotatable bonds is 3. The largest absolute Gasteiger partial charge is 0.505 e. The molecule has 3 N–H and O–H groups in total. The molecular weight excluding hydrogens is 288 g/mol. The zero-order chi connectivity index (χ0) is 15.2. The molecule has 0 aliphatic heterocycles. The lowest BCUT2D eigenvalue weighted by atomic mass is 9.96. The quantitative estimate of drug-likeness (QED) is 0.453. The summed E-state index contributed by atoms with van der Waals surface area (Å²) in [6.45, 7) is 0. The highest BCUT2D eigenvalue weighted by atomic mass is 32.1. The highest BCUT2D eigenvalue weighted by Gasteiger charge is 2.17. The molecule has 1 aliphatic carbocycles. The van der Waals surface area contributed by atoms with Gasteiger partial charge in [-0.1, -0.05) is 25.3 Å². The van der Waals surface area contributed by atoms with Crippen LogP contribution in [0, 0.1) is 0 Å². The number of hydrogen-bond acceptors (Lipinski definition) is 4. The van der Waals surface area contributed by atoms with Crippen molar-refractivity contribution < 1.29 is 14.6 Å². The molecule has 0 amide bonds. The van der Waals surface area contributed by atoms with Crippen LogP contribution in [0.1, 0.15) is 42.5 Å². The molecule has 0 aromatic heterocycles. The van der Waals surface area contributed by atoms with Gasteiger partial charge >= 0.3 is 5.97 Å². The summed E-state index contributed by atoms with van der Waals surface area (Å²) >= 11 is 5.26. The third-order valence-electron chi connectivity index (χ3n) is 3.63. The molecule has 0 atom stereocenters. The van der Waals surface area contributed by atoms with Crippen molar-refractivity contribution in [1.29, 1.82) is 0 Å². The van der Waals surface area contributed by atoms with E-state index >= 15 is 0 Å². The maximum atomic E-state index is 11.5. The van der Waals surface area contributed by atoms with E-state index < -0.39 is 5.97 Å². The van der Waals surface area contributed by atoms with Crippen molar-refractivity contribution in [3.8, 4) is 5.75 Å². The first kappa shape index (κ1) is 15.6. The van der Waals surface area contributed by atoms with Crippen LogP contribution in [0.5, 0.6) is 5.75 Å². The Kier molecular flexibility index (Phi) is 5.38. The SMILES string of the molecule is COC(=O)c1cccc(NC(=S)NC2CCCCC2)c1O. The number of carbonyl (C=O) groups excluding carboxylic acids is 1. The Bertz CT molecular complexity index is 528. The van der Waals surface area contributed by atoms with Crippen LogP contribution in [0.4, 0.5) is 5.69 Å². The van der Waals surface area contributed by atoms with Crippen LogP contribution in [0.25, 0.3) is 0 Å². The van der Waals surface area contributed by atoms with Crippen LogP contribution in [0.2, 0.25) is 0 Å². The van der Waals surface area contributed by atoms with E-state index in [1.54, 1.807) is 12.1 Å². The number of aromatic hydroxyl groups is 1. The van der Waals surface area contributed by atoms with Gasteiger partial charge in [0.25, 0.3) is 0 Å². The second-order valence-electron chi connectivity index (χ2n) is 5.13. The topological polar surface area (TPSA) is 70.6 Å². The molecule has 1 aromatic carbocycles. The maximum Gasteiger partial charge on any atom is 0.341 e. The molecule has 1 saturated carbocycles. The summed E-state index contributed by atoms with van der Waals surface area (Å²) in [5.41, 5.74) is 0.508. The van der Waals surface area contributed by atoms with E-state index in [-0.39, 0.29) is 11.3 Å². The Hall–Kier alpha value is -1.82. The molecule has 21 heavy (non-hydrogen) atoms. The summed E-state index contributed by atoms with van der Waals surface area (Å²) in [5, 5.41) is 16.7. The van der Waals surface area contributed by atoms with Crippen molar-refractivity contribution in [3.63, 3.8) is 0 Å². The molecule has 5 nitrogen and oxygen atoms in total. The number of methoxy groups -OCH3 is 1. The van der Waals surface area contributed by atoms with Gasteiger partial charge in [0.1, 0.15) is 5.56 Å². The van der Waals surface area contributed by atoms with Crippen LogP contribution >= 0.6 is 12.2 Å². The fraction of sp³-hybridized carbons (Fsp3) is 0.467. The van der Waals surface area contributed by atoms with E-state index in [1.165, 1.54) is 32.4 Å². The number of thiocarbonyl (C=S) groups is 1. The minimum Gasteiger partial charge on any atom is -0.505 e. The number of nitrogens with one attached hydrogen (secondary N) is 2. The van der Waals surface area contributed by atoms with Crippen LogP contribution in [-0.4, -0.2) is 29.3 Å². The first-order valence-electron chi connectivity index (χ1n) is 7.09. The predicted octanol–water partition coefficient (Wildman–Crippen LogP) is 2.80. The third kappa shape index (κ3) is 4.07. The summed E-state index contributed by atoms with van der Waals surface area (Å²) in [5.74, 6) is -0.737. The average Bonchev–Trinajstić information content (AvgIpc) is 2.49. The molecule has 6 heteroatoms. The molecule has 0 saturated heterocycles. The second kappa shape index (κ2) is 7.26.